The molecule has 0 amide bonds. The third kappa shape index (κ3) is 8.33. The second-order valence-electron chi connectivity index (χ2n) is 2.50. The molecule has 0 aromatic rings. The van der Waals surface area contributed by atoms with Crippen LogP contribution in [0.4, 0.5) is 4.39 Å². The summed E-state index contributed by atoms with van der Waals surface area (Å²) in [6.45, 7) is 2.59. The molecule has 0 fully saturated rings. The first-order valence-electron chi connectivity index (χ1n) is 3.84. The first kappa shape index (κ1) is 13.0. The third-order valence-corrected chi connectivity index (χ3v) is 1.75. The van der Waals surface area contributed by atoms with E-state index in [9.17, 15) is 8.96 Å². The number of rotatable bonds is 6. The van der Waals surface area contributed by atoms with Crippen LogP contribution in [0.25, 0.3) is 0 Å². The molecule has 7 heteroatoms. The molecule has 0 heterocycles. The van der Waals surface area contributed by atoms with Gasteiger partial charge in [-0.25, -0.2) is 8.96 Å². The molecule has 2 N–H and O–H groups in total. The molecule has 0 spiro atoms. The molecule has 0 radical (unpaired) electrons. The normalized spacial score (nSPS) is 17.0. The Labute approximate surface area is 76.1 Å². The Morgan fingerprint density at radius 2 is 2.08 bits per heavy atom. The van der Waals surface area contributed by atoms with Gasteiger partial charge in [-0.3, -0.25) is 4.52 Å². The highest BCUT2D eigenvalue weighted by atomic mass is 31.2. The molecule has 0 saturated heterocycles. The molecule has 0 aliphatic carbocycles. The lowest BCUT2D eigenvalue weighted by Gasteiger charge is -2.16. The Hall–Kier alpha value is -0.0000000000000000278. The molecule has 0 aliphatic heterocycles. The summed E-state index contributed by atoms with van der Waals surface area (Å²) in [6, 6.07) is 0. The smallest absolute Gasteiger partial charge is 0.343 e. The predicted octanol–water partition coefficient (Wildman–Crippen LogP) is 1.21. The maximum absolute atomic E-state index is 12.3. The van der Waals surface area contributed by atoms with Crippen molar-refractivity contribution in [1.82, 2.24) is 0 Å². The summed E-state index contributed by atoms with van der Waals surface area (Å²) in [5, 5.41) is 0. The molecule has 5 nitrogen and oxygen atoms in total. The Balaban J connectivity index is 3.79. The second kappa shape index (κ2) is 5.67. The largest absolute Gasteiger partial charge is 0.469 e. The summed E-state index contributed by atoms with van der Waals surface area (Å²) < 4.78 is 31.4. The van der Waals surface area contributed by atoms with Crippen molar-refractivity contribution in [3.05, 3.63) is 0 Å². The summed E-state index contributed by atoms with van der Waals surface area (Å²) in [5.74, 6) is 0. The van der Waals surface area contributed by atoms with E-state index in [0.717, 1.165) is 0 Å². The fourth-order valence-corrected chi connectivity index (χ4v) is 1.06. The van der Waals surface area contributed by atoms with Crippen LogP contribution in [-0.2, 0) is 13.8 Å². The molecule has 13 heavy (non-hydrogen) atoms. The molecule has 0 saturated carbocycles. The van der Waals surface area contributed by atoms with Gasteiger partial charge < -0.3 is 14.5 Å². The van der Waals surface area contributed by atoms with Crippen LogP contribution in [-0.4, -0.2) is 28.9 Å². The van der Waals surface area contributed by atoms with Crippen LogP contribution in [0, 0.1) is 0 Å². The van der Waals surface area contributed by atoms with Gasteiger partial charge in [0, 0.05) is 0 Å². The average Bonchev–Trinajstić information content (AvgIpc) is 1.95. The van der Waals surface area contributed by atoms with E-state index in [2.05, 4.69) is 9.26 Å². The highest BCUT2D eigenvalue weighted by molar-refractivity contribution is 7.46. The number of alkyl halides is 1. The molecule has 0 rings (SSSR count). The zero-order chi connectivity index (χ0) is 10.5. The van der Waals surface area contributed by atoms with Crippen LogP contribution in [0.2, 0.25) is 0 Å². The van der Waals surface area contributed by atoms with E-state index in [1.54, 1.807) is 6.92 Å². The highest BCUT2D eigenvalue weighted by Gasteiger charge is 2.18. The summed E-state index contributed by atoms with van der Waals surface area (Å²) in [6.07, 6.45) is -1.67. The SMILES string of the molecule is CC[C@@H](COP(=O)(O)O)OC(C)F. The van der Waals surface area contributed by atoms with Gasteiger partial charge in [0.2, 0.25) is 0 Å². The van der Waals surface area contributed by atoms with Crippen LogP contribution in [0.15, 0.2) is 0 Å². The Bertz CT molecular complexity index is 180. The third-order valence-electron chi connectivity index (χ3n) is 1.26. The van der Waals surface area contributed by atoms with Gasteiger partial charge in [-0.1, -0.05) is 6.92 Å². The van der Waals surface area contributed by atoms with Crippen LogP contribution < -0.4 is 0 Å². The van der Waals surface area contributed by atoms with Crippen molar-refractivity contribution < 1.29 is 28.0 Å². The van der Waals surface area contributed by atoms with E-state index in [0.29, 0.717) is 6.42 Å². The van der Waals surface area contributed by atoms with E-state index < -0.39 is 20.3 Å². The fraction of sp³-hybridized carbons (Fsp3) is 1.00. The minimum atomic E-state index is -4.48. The molecule has 2 atom stereocenters. The maximum atomic E-state index is 12.3. The van der Waals surface area contributed by atoms with E-state index in [1.807, 2.05) is 0 Å². The van der Waals surface area contributed by atoms with Crippen molar-refractivity contribution in [2.24, 2.45) is 0 Å². The molecule has 0 aromatic heterocycles. The monoisotopic (exact) mass is 216 g/mol. The molecule has 80 valence electrons. The van der Waals surface area contributed by atoms with Gasteiger partial charge in [-0.05, 0) is 13.3 Å². The highest BCUT2D eigenvalue weighted by Crippen LogP contribution is 2.36. The second-order valence-corrected chi connectivity index (χ2v) is 3.74. The molecule has 0 bridgehead atoms. The van der Waals surface area contributed by atoms with E-state index in [4.69, 9.17) is 9.79 Å². The summed E-state index contributed by atoms with van der Waals surface area (Å²) in [4.78, 5) is 16.7. The van der Waals surface area contributed by atoms with E-state index in [1.165, 1.54) is 6.92 Å². The van der Waals surface area contributed by atoms with Crippen LogP contribution >= 0.6 is 7.82 Å². The van der Waals surface area contributed by atoms with Crippen molar-refractivity contribution in [3.8, 4) is 0 Å². The minimum absolute atomic E-state index is 0.310. The van der Waals surface area contributed by atoms with E-state index >= 15 is 0 Å². The standard InChI is InChI=1S/C6H14FO5P/c1-3-6(12-5(2)7)4-11-13(8,9)10/h5-6H,3-4H2,1-2H3,(H2,8,9,10)/t5?,6-/m0/s1. The number of phosphoric ester groups is 1. The Morgan fingerprint density at radius 1 is 1.54 bits per heavy atom. The molecular weight excluding hydrogens is 202 g/mol. The van der Waals surface area contributed by atoms with Gasteiger partial charge in [0.15, 0.2) is 6.36 Å². The molecular formula is C6H14FO5P. The predicted molar refractivity (Wildman–Crippen MR) is 43.7 cm³/mol. The average molecular weight is 216 g/mol. The fourth-order valence-electron chi connectivity index (χ4n) is 0.699. The Kier molecular flexibility index (Phi) is 5.67. The quantitative estimate of drug-likeness (QED) is 0.652. The van der Waals surface area contributed by atoms with Crippen molar-refractivity contribution in [2.75, 3.05) is 6.61 Å². The van der Waals surface area contributed by atoms with Crippen LogP contribution in [0.5, 0.6) is 0 Å². The van der Waals surface area contributed by atoms with Crippen molar-refractivity contribution >= 4 is 7.82 Å². The number of halogens is 1. The van der Waals surface area contributed by atoms with Gasteiger partial charge in [0.1, 0.15) is 0 Å². The van der Waals surface area contributed by atoms with Gasteiger partial charge in [-0.15, -0.1) is 0 Å². The Morgan fingerprint density at radius 3 is 2.38 bits per heavy atom. The number of phosphoric acid groups is 1. The summed E-state index contributed by atoms with van der Waals surface area (Å²) in [7, 11) is -4.48. The maximum Gasteiger partial charge on any atom is 0.469 e. The van der Waals surface area contributed by atoms with E-state index in [-0.39, 0.29) is 6.61 Å². The molecule has 1 unspecified atom stereocenters. The molecule has 0 aromatic carbocycles. The van der Waals surface area contributed by atoms with Crippen molar-refractivity contribution in [2.45, 2.75) is 32.7 Å². The van der Waals surface area contributed by atoms with Gasteiger partial charge in [0.05, 0.1) is 12.7 Å². The zero-order valence-corrected chi connectivity index (χ0v) is 8.41. The number of hydrogen-bond donors (Lipinski definition) is 2. The molecule has 0 aliphatic rings. The zero-order valence-electron chi connectivity index (χ0n) is 7.51. The van der Waals surface area contributed by atoms with Gasteiger partial charge in [-0.2, -0.15) is 0 Å². The summed E-state index contributed by atoms with van der Waals surface area (Å²) in [5.41, 5.74) is 0. The van der Waals surface area contributed by atoms with Gasteiger partial charge in [0.25, 0.3) is 0 Å². The number of hydrogen-bond acceptors (Lipinski definition) is 3. The lowest BCUT2D eigenvalue weighted by molar-refractivity contribution is -0.0907. The lowest BCUT2D eigenvalue weighted by atomic mass is 10.3. The summed E-state index contributed by atoms with van der Waals surface area (Å²) >= 11 is 0. The minimum Gasteiger partial charge on any atom is -0.343 e. The van der Waals surface area contributed by atoms with Crippen LogP contribution in [0.3, 0.4) is 0 Å². The first-order chi connectivity index (χ1) is 5.85. The van der Waals surface area contributed by atoms with Crippen LogP contribution in [0.1, 0.15) is 20.3 Å². The van der Waals surface area contributed by atoms with Crippen molar-refractivity contribution in [3.63, 3.8) is 0 Å². The number of ether oxygens (including phenoxy) is 1. The topological polar surface area (TPSA) is 76.0 Å². The van der Waals surface area contributed by atoms with Gasteiger partial charge >= 0.3 is 7.82 Å². The lowest BCUT2D eigenvalue weighted by Crippen LogP contribution is -2.21. The first-order valence-corrected chi connectivity index (χ1v) is 5.37. The van der Waals surface area contributed by atoms with Crippen molar-refractivity contribution in [1.29, 1.82) is 0 Å².